The summed E-state index contributed by atoms with van der Waals surface area (Å²) in [5, 5.41) is 3.08. The number of carbonyl (C=O) groups excluding carboxylic acids is 1. The Hall–Kier alpha value is -3.42. The summed E-state index contributed by atoms with van der Waals surface area (Å²) in [6, 6.07) is 9.57. The number of amides is 1. The number of piperidine rings is 1. The number of hydrogen-bond donors (Lipinski definition) is 2. The molecule has 3 heterocycles. The number of aryl methyl sites for hydroxylation is 2. The number of benzene rings is 1. The van der Waals surface area contributed by atoms with Crippen LogP contribution in [0.2, 0.25) is 0 Å². The highest BCUT2D eigenvalue weighted by Crippen LogP contribution is 2.23. The molecule has 8 nitrogen and oxygen atoms in total. The zero-order valence-electron chi connectivity index (χ0n) is 18.1. The van der Waals surface area contributed by atoms with Gasteiger partial charge in [-0.1, -0.05) is 12.1 Å². The van der Waals surface area contributed by atoms with Gasteiger partial charge in [-0.2, -0.15) is 0 Å². The topological polar surface area (TPSA) is 100 Å². The maximum absolute atomic E-state index is 13.1. The third-order valence-corrected chi connectivity index (χ3v) is 5.90. The molecular weight excluding hydrogens is 394 g/mol. The van der Waals surface area contributed by atoms with Gasteiger partial charge in [-0.25, -0.2) is 9.78 Å². The number of nitrogens with zero attached hydrogens (tertiary/aromatic N) is 3. The van der Waals surface area contributed by atoms with Gasteiger partial charge in [0.25, 0.3) is 11.5 Å². The van der Waals surface area contributed by atoms with E-state index in [1.807, 2.05) is 19.1 Å². The van der Waals surface area contributed by atoms with E-state index < -0.39 is 11.2 Å². The van der Waals surface area contributed by atoms with Crippen LogP contribution in [-0.2, 0) is 7.05 Å². The maximum Gasteiger partial charge on any atom is 0.329 e. The second-order valence-electron chi connectivity index (χ2n) is 8.16. The van der Waals surface area contributed by atoms with Crippen LogP contribution in [0.3, 0.4) is 0 Å². The Kier molecular flexibility index (Phi) is 5.63. The monoisotopic (exact) mass is 421 g/mol. The summed E-state index contributed by atoms with van der Waals surface area (Å²) in [7, 11) is 1.52. The van der Waals surface area contributed by atoms with Gasteiger partial charge in [-0.3, -0.25) is 19.1 Å². The lowest BCUT2D eigenvalue weighted by molar-refractivity contribution is 0.0941. The molecule has 1 amide bonds. The number of carbonyl (C=O) groups is 1. The highest BCUT2D eigenvalue weighted by Gasteiger charge is 2.20. The standard InChI is InChI=1S/C23H27N5O3/c1-14-13-18(19-20(24-14)27(3)23(31)26-22(19)30)21(29)25-15(2)16-7-9-17(10-8-16)28-11-5-4-6-12-28/h7-10,13,15H,4-6,11-12H2,1-3H3,(H,25,29)(H,26,30,31). The minimum absolute atomic E-state index is 0.109. The summed E-state index contributed by atoms with van der Waals surface area (Å²) < 4.78 is 1.24. The molecule has 2 aromatic heterocycles. The zero-order chi connectivity index (χ0) is 22.1. The smallest absolute Gasteiger partial charge is 0.329 e. The van der Waals surface area contributed by atoms with Crippen LogP contribution in [0.15, 0.2) is 39.9 Å². The SMILES string of the molecule is Cc1cc(C(=O)NC(C)c2ccc(N3CCCCC3)cc2)c2c(=O)[nH]c(=O)n(C)c2n1. The molecule has 4 rings (SSSR count). The molecule has 1 aliphatic heterocycles. The number of aromatic nitrogens is 3. The van der Waals surface area contributed by atoms with Crippen molar-refractivity contribution in [3.05, 3.63) is 68.0 Å². The van der Waals surface area contributed by atoms with Crippen LogP contribution in [0.25, 0.3) is 11.0 Å². The molecule has 8 heteroatoms. The number of fused-ring (bicyclic) bond motifs is 1. The first-order valence-electron chi connectivity index (χ1n) is 10.6. The lowest BCUT2D eigenvalue weighted by Crippen LogP contribution is -2.33. The van der Waals surface area contributed by atoms with E-state index in [-0.39, 0.29) is 28.5 Å². The van der Waals surface area contributed by atoms with Gasteiger partial charge in [0.15, 0.2) is 0 Å². The van der Waals surface area contributed by atoms with E-state index in [1.54, 1.807) is 13.0 Å². The number of anilines is 1. The minimum atomic E-state index is -0.616. The number of nitrogens with one attached hydrogen (secondary N) is 2. The maximum atomic E-state index is 13.1. The van der Waals surface area contributed by atoms with Crippen molar-refractivity contribution in [2.45, 2.75) is 39.2 Å². The van der Waals surface area contributed by atoms with Crippen LogP contribution in [0.5, 0.6) is 0 Å². The molecule has 2 N–H and O–H groups in total. The summed E-state index contributed by atoms with van der Waals surface area (Å²) in [4.78, 5) is 46.3. The zero-order valence-corrected chi connectivity index (χ0v) is 18.1. The van der Waals surface area contributed by atoms with E-state index in [0.717, 1.165) is 18.7 Å². The summed E-state index contributed by atoms with van der Waals surface area (Å²) >= 11 is 0. The number of H-pyrrole nitrogens is 1. The Labute approximate surface area is 179 Å². The van der Waals surface area contributed by atoms with Crippen LogP contribution in [0, 0.1) is 6.92 Å². The van der Waals surface area contributed by atoms with Crippen molar-refractivity contribution < 1.29 is 4.79 Å². The molecule has 31 heavy (non-hydrogen) atoms. The van der Waals surface area contributed by atoms with Crippen molar-refractivity contribution in [2.24, 2.45) is 7.05 Å². The van der Waals surface area contributed by atoms with Crippen molar-refractivity contribution in [3.8, 4) is 0 Å². The molecule has 1 fully saturated rings. The summed E-state index contributed by atoms with van der Waals surface area (Å²) in [5.41, 5.74) is 1.94. The van der Waals surface area contributed by atoms with Gasteiger partial charge in [0.1, 0.15) is 5.65 Å². The number of rotatable bonds is 4. The van der Waals surface area contributed by atoms with Crippen molar-refractivity contribution in [1.82, 2.24) is 19.9 Å². The first kappa shape index (κ1) is 20.8. The van der Waals surface area contributed by atoms with E-state index in [2.05, 4.69) is 32.3 Å². The van der Waals surface area contributed by atoms with Gasteiger partial charge in [-0.05, 0) is 56.9 Å². The first-order chi connectivity index (χ1) is 14.8. The molecule has 0 spiro atoms. The van der Waals surface area contributed by atoms with Gasteiger partial charge >= 0.3 is 5.69 Å². The largest absolute Gasteiger partial charge is 0.372 e. The molecule has 162 valence electrons. The Balaban J connectivity index is 1.59. The lowest BCUT2D eigenvalue weighted by atomic mass is 10.0. The fourth-order valence-corrected chi connectivity index (χ4v) is 4.13. The average molecular weight is 422 g/mol. The fraction of sp³-hybridized carbons (Fsp3) is 0.391. The number of aromatic amines is 1. The van der Waals surface area contributed by atoms with Gasteiger partial charge in [-0.15, -0.1) is 0 Å². The Morgan fingerprint density at radius 1 is 1.13 bits per heavy atom. The molecule has 1 saturated heterocycles. The quantitative estimate of drug-likeness (QED) is 0.674. The van der Waals surface area contributed by atoms with Crippen LogP contribution >= 0.6 is 0 Å². The second-order valence-corrected chi connectivity index (χ2v) is 8.16. The predicted octanol–water partition coefficient (Wildman–Crippen LogP) is 2.41. The third-order valence-electron chi connectivity index (χ3n) is 5.90. The molecule has 0 bridgehead atoms. The van der Waals surface area contributed by atoms with Gasteiger partial charge in [0.2, 0.25) is 0 Å². The van der Waals surface area contributed by atoms with E-state index >= 15 is 0 Å². The molecule has 0 aliphatic carbocycles. The van der Waals surface area contributed by atoms with Crippen molar-refractivity contribution in [3.63, 3.8) is 0 Å². The third kappa shape index (κ3) is 4.10. The molecule has 1 unspecified atom stereocenters. The minimum Gasteiger partial charge on any atom is -0.372 e. The molecule has 0 radical (unpaired) electrons. The normalized spacial score (nSPS) is 15.1. The Bertz CT molecular complexity index is 1240. The molecule has 1 atom stereocenters. The molecule has 1 aromatic carbocycles. The second kappa shape index (κ2) is 8.37. The van der Waals surface area contributed by atoms with Crippen LogP contribution in [-0.4, -0.2) is 33.5 Å². The Morgan fingerprint density at radius 2 is 1.81 bits per heavy atom. The van der Waals surface area contributed by atoms with Gasteiger partial charge in [0.05, 0.1) is 17.0 Å². The average Bonchev–Trinajstić information content (AvgIpc) is 2.77. The van der Waals surface area contributed by atoms with Crippen molar-refractivity contribution in [2.75, 3.05) is 18.0 Å². The van der Waals surface area contributed by atoms with Crippen LogP contribution in [0.4, 0.5) is 5.69 Å². The lowest BCUT2D eigenvalue weighted by Gasteiger charge is -2.29. The van der Waals surface area contributed by atoms with E-state index in [0.29, 0.717) is 5.69 Å². The van der Waals surface area contributed by atoms with E-state index in [4.69, 9.17) is 0 Å². The van der Waals surface area contributed by atoms with Crippen LogP contribution in [0.1, 0.15) is 53.8 Å². The van der Waals surface area contributed by atoms with Crippen LogP contribution < -0.4 is 21.5 Å². The molecular formula is C23H27N5O3. The number of hydrogen-bond acceptors (Lipinski definition) is 5. The molecule has 1 aliphatic rings. The van der Waals surface area contributed by atoms with E-state index in [1.165, 1.54) is 36.6 Å². The highest BCUT2D eigenvalue weighted by atomic mass is 16.2. The van der Waals surface area contributed by atoms with E-state index in [9.17, 15) is 14.4 Å². The fourth-order valence-electron chi connectivity index (χ4n) is 4.13. The highest BCUT2D eigenvalue weighted by molar-refractivity contribution is 6.05. The van der Waals surface area contributed by atoms with Gasteiger partial charge in [0, 0.05) is 31.5 Å². The van der Waals surface area contributed by atoms with Crippen molar-refractivity contribution in [1.29, 1.82) is 0 Å². The summed E-state index contributed by atoms with van der Waals surface area (Å²) in [6.07, 6.45) is 3.73. The summed E-state index contributed by atoms with van der Waals surface area (Å²) in [5.74, 6) is -0.382. The van der Waals surface area contributed by atoms with Crippen molar-refractivity contribution >= 4 is 22.6 Å². The Morgan fingerprint density at radius 3 is 2.48 bits per heavy atom. The summed E-state index contributed by atoms with van der Waals surface area (Å²) in [6.45, 7) is 5.79. The first-order valence-corrected chi connectivity index (χ1v) is 10.6. The molecule has 3 aromatic rings. The molecule has 0 saturated carbocycles. The number of pyridine rings is 1. The van der Waals surface area contributed by atoms with Gasteiger partial charge < -0.3 is 10.2 Å². The predicted molar refractivity (Wildman–Crippen MR) is 121 cm³/mol.